The van der Waals surface area contributed by atoms with Gasteiger partial charge in [-0.25, -0.2) is 0 Å². The second kappa shape index (κ2) is 6.46. The predicted molar refractivity (Wildman–Crippen MR) is 47.9 cm³/mol. The Balaban J connectivity index is 0. The van der Waals surface area contributed by atoms with Crippen molar-refractivity contribution in [3.8, 4) is 5.75 Å². The average Bonchev–Trinajstić information content (AvgIpc) is 1.88. The SMILES string of the molecule is [CH2-]c1ccc(OC)c(C)c1.[Cl-].[Mg+2]. The van der Waals surface area contributed by atoms with Crippen molar-refractivity contribution in [3.63, 3.8) is 0 Å². The summed E-state index contributed by atoms with van der Waals surface area (Å²) in [6.45, 7) is 5.81. The molecule has 1 aromatic rings. The summed E-state index contributed by atoms with van der Waals surface area (Å²) in [4.78, 5) is 0. The van der Waals surface area contributed by atoms with Gasteiger partial charge in [-0.05, 0) is 6.92 Å². The van der Waals surface area contributed by atoms with Crippen molar-refractivity contribution in [1.82, 2.24) is 0 Å². The van der Waals surface area contributed by atoms with Crippen molar-refractivity contribution in [3.05, 3.63) is 36.2 Å². The fourth-order valence-corrected chi connectivity index (χ4v) is 0.941. The molecule has 0 aliphatic carbocycles. The van der Waals surface area contributed by atoms with Crippen molar-refractivity contribution >= 4 is 23.1 Å². The quantitative estimate of drug-likeness (QED) is 0.404. The molecule has 0 bridgehead atoms. The van der Waals surface area contributed by atoms with Gasteiger partial charge in [0.1, 0.15) is 0 Å². The fraction of sp³-hybridized carbons (Fsp3) is 0.222. The summed E-state index contributed by atoms with van der Waals surface area (Å²) >= 11 is 0. The van der Waals surface area contributed by atoms with Crippen LogP contribution in [0.3, 0.4) is 0 Å². The minimum absolute atomic E-state index is 0. The zero-order valence-electron chi connectivity index (χ0n) is 7.43. The molecule has 0 fully saturated rings. The zero-order valence-corrected chi connectivity index (χ0v) is 9.60. The number of rotatable bonds is 1. The molecule has 0 aromatic heterocycles. The van der Waals surface area contributed by atoms with E-state index in [0.717, 1.165) is 16.9 Å². The molecule has 0 aliphatic heterocycles. The zero-order chi connectivity index (χ0) is 7.56. The third-order valence-corrected chi connectivity index (χ3v) is 1.46. The van der Waals surface area contributed by atoms with E-state index in [1.807, 2.05) is 25.1 Å². The van der Waals surface area contributed by atoms with Crippen LogP contribution in [0, 0.1) is 13.8 Å². The first-order valence-corrected chi connectivity index (χ1v) is 3.20. The summed E-state index contributed by atoms with van der Waals surface area (Å²) in [6, 6.07) is 5.86. The molecule has 0 saturated heterocycles. The Morgan fingerprint density at radius 2 is 1.92 bits per heavy atom. The smallest absolute Gasteiger partial charge is 1.00 e. The number of hydrogen-bond acceptors (Lipinski definition) is 1. The summed E-state index contributed by atoms with van der Waals surface area (Å²) < 4.78 is 5.07. The molecule has 3 heteroatoms. The maximum atomic E-state index is 5.07. The van der Waals surface area contributed by atoms with Crippen LogP contribution >= 0.6 is 0 Å². The monoisotopic (exact) mass is 194 g/mol. The van der Waals surface area contributed by atoms with Gasteiger partial charge in [0.25, 0.3) is 0 Å². The van der Waals surface area contributed by atoms with Crippen LogP contribution in [0.1, 0.15) is 11.1 Å². The molecule has 1 rings (SSSR count). The first-order chi connectivity index (χ1) is 4.74. The summed E-state index contributed by atoms with van der Waals surface area (Å²) in [7, 11) is 1.67. The Hall–Kier alpha value is -0.0538. The molecule has 1 aromatic carbocycles. The third-order valence-electron chi connectivity index (χ3n) is 1.46. The Kier molecular flexibility index (Phi) is 7.79. The van der Waals surface area contributed by atoms with Gasteiger partial charge in [-0.1, -0.05) is 11.6 Å². The standard InChI is InChI=1S/C9H11O.ClH.Mg/c1-7-4-5-9(10-3)8(2)6-7;;/h4-6H,1H2,2-3H3;1H;/q-1;;+2/p-1. The summed E-state index contributed by atoms with van der Waals surface area (Å²) in [6.07, 6.45) is 0. The largest absolute Gasteiger partial charge is 2.00 e. The van der Waals surface area contributed by atoms with Gasteiger partial charge in [-0.15, -0.1) is 0 Å². The topological polar surface area (TPSA) is 9.23 Å². The Morgan fingerprint density at radius 1 is 1.33 bits per heavy atom. The second-order valence-electron chi connectivity index (χ2n) is 2.30. The van der Waals surface area contributed by atoms with E-state index in [9.17, 15) is 0 Å². The molecule has 1 nitrogen and oxygen atoms in total. The predicted octanol–water partition coefficient (Wildman–Crippen LogP) is -1.19. The van der Waals surface area contributed by atoms with Crippen LogP contribution < -0.4 is 17.1 Å². The molecule has 0 amide bonds. The van der Waals surface area contributed by atoms with Crippen LogP contribution in [0.2, 0.25) is 0 Å². The summed E-state index contributed by atoms with van der Waals surface area (Å²) in [5.74, 6) is 0.924. The molecule has 0 atom stereocenters. The van der Waals surface area contributed by atoms with Crippen molar-refractivity contribution < 1.29 is 17.1 Å². The van der Waals surface area contributed by atoms with Crippen LogP contribution in [-0.2, 0) is 0 Å². The maximum Gasteiger partial charge on any atom is 2.00 e. The number of aryl methyl sites for hydroxylation is 1. The van der Waals surface area contributed by atoms with E-state index in [2.05, 4.69) is 6.92 Å². The van der Waals surface area contributed by atoms with Crippen LogP contribution in [-0.4, -0.2) is 30.2 Å². The Morgan fingerprint density at radius 3 is 2.33 bits per heavy atom. The Bertz CT molecular complexity index is 238. The second-order valence-corrected chi connectivity index (χ2v) is 2.30. The Labute approximate surface area is 96.1 Å². The van der Waals surface area contributed by atoms with Gasteiger partial charge in [0.05, 0.1) is 12.9 Å². The van der Waals surface area contributed by atoms with Gasteiger partial charge in [-0.2, -0.15) is 24.6 Å². The van der Waals surface area contributed by atoms with Crippen LogP contribution in [0.5, 0.6) is 5.75 Å². The first-order valence-electron chi connectivity index (χ1n) is 3.20. The number of ether oxygens (including phenoxy) is 1. The van der Waals surface area contributed by atoms with Crippen LogP contribution in [0.4, 0.5) is 0 Å². The van der Waals surface area contributed by atoms with E-state index in [1.54, 1.807) is 7.11 Å². The molecule has 12 heavy (non-hydrogen) atoms. The first kappa shape index (κ1) is 14.5. The average molecular weight is 195 g/mol. The van der Waals surface area contributed by atoms with Gasteiger partial charge in [0, 0.05) is 0 Å². The number of halogens is 1. The molecule has 0 spiro atoms. The number of hydrogen-bond donors (Lipinski definition) is 0. The molecule has 0 N–H and O–H groups in total. The molecule has 0 radical (unpaired) electrons. The molecule has 62 valence electrons. The van der Waals surface area contributed by atoms with Gasteiger partial charge in [0.15, 0.2) is 0 Å². The molecule has 0 heterocycles. The minimum atomic E-state index is 0. The van der Waals surface area contributed by atoms with E-state index in [4.69, 9.17) is 4.74 Å². The minimum Gasteiger partial charge on any atom is -1.00 e. The summed E-state index contributed by atoms with van der Waals surface area (Å²) in [5.41, 5.74) is 2.16. The van der Waals surface area contributed by atoms with Gasteiger partial charge in [-0.3, -0.25) is 0 Å². The van der Waals surface area contributed by atoms with Crippen molar-refractivity contribution in [2.75, 3.05) is 7.11 Å². The van der Waals surface area contributed by atoms with E-state index in [1.165, 1.54) is 0 Å². The van der Waals surface area contributed by atoms with Gasteiger partial charge < -0.3 is 17.1 Å². The van der Waals surface area contributed by atoms with Crippen molar-refractivity contribution in [1.29, 1.82) is 0 Å². The van der Waals surface area contributed by atoms with E-state index in [0.29, 0.717) is 0 Å². The number of benzene rings is 1. The van der Waals surface area contributed by atoms with Crippen molar-refractivity contribution in [2.45, 2.75) is 6.92 Å². The molecule has 0 aliphatic rings. The third kappa shape index (κ3) is 3.56. The van der Waals surface area contributed by atoms with Gasteiger partial charge >= 0.3 is 23.1 Å². The van der Waals surface area contributed by atoms with E-state index < -0.39 is 0 Å². The van der Waals surface area contributed by atoms with E-state index in [-0.39, 0.29) is 35.5 Å². The normalized spacial score (nSPS) is 7.83. The maximum absolute atomic E-state index is 5.07. The molecular formula is C9H11ClMgO. The van der Waals surface area contributed by atoms with Crippen molar-refractivity contribution in [2.24, 2.45) is 0 Å². The van der Waals surface area contributed by atoms with Crippen LogP contribution in [0.15, 0.2) is 18.2 Å². The molecule has 0 unspecified atom stereocenters. The molecule has 0 saturated carbocycles. The summed E-state index contributed by atoms with van der Waals surface area (Å²) in [5, 5.41) is 0. The van der Waals surface area contributed by atoms with Crippen LogP contribution in [0.25, 0.3) is 0 Å². The number of methoxy groups -OCH3 is 1. The van der Waals surface area contributed by atoms with E-state index >= 15 is 0 Å². The van der Waals surface area contributed by atoms with Gasteiger partial charge in [0.2, 0.25) is 0 Å². The molecular weight excluding hydrogens is 184 g/mol. The fourth-order valence-electron chi connectivity index (χ4n) is 0.941.